The van der Waals surface area contributed by atoms with E-state index in [0.29, 0.717) is 0 Å². The van der Waals surface area contributed by atoms with Crippen molar-refractivity contribution < 1.29 is 4.42 Å². The number of rotatable bonds is 4. The zero-order chi connectivity index (χ0) is 28.3. The molecular weight excluding hydrogens is 589 g/mol. The third-order valence-electron chi connectivity index (χ3n) is 8.44. The van der Waals surface area contributed by atoms with Gasteiger partial charge in [-0.2, -0.15) is 0 Å². The Morgan fingerprint density at radius 3 is 2.00 bits per heavy atom. The van der Waals surface area contributed by atoms with E-state index in [1.165, 1.54) is 41.2 Å². The molecule has 0 atom stereocenters. The number of furan rings is 1. The molecule has 2 aromatic heterocycles. The number of nitrogens with zero attached hydrogens (tertiary/aromatic N) is 1. The standard InChI is InChI=1S/C40H25NOSe/c1-2-9-26(10-3-1)28-12-8-13-29(23-28)41(30-18-21-34-33-15-6-7-16-37(33)42-38(34)24-30)31-19-22-35-36-20-17-27-11-4-5-14-32(27)40(36)43-39(35)25-31/h1-25H. The van der Waals surface area contributed by atoms with E-state index in [2.05, 4.69) is 144 Å². The zero-order valence-corrected chi connectivity index (χ0v) is 24.9. The van der Waals surface area contributed by atoms with E-state index >= 15 is 0 Å². The molecule has 0 aliphatic rings. The second-order valence-corrected chi connectivity index (χ2v) is 13.2. The molecule has 0 N–H and O–H groups in total. The summed E-state index contributed by atoms with van der Waals surface area (Å²) >= 11 is 0.224. The van der Waals surface area contributed by atoms with Gasteiger partial charge in [0.2, 0.25) is 0 Å². The van der Waals surface area contributed by atoms with Crippen LogP contribution in [0.3, 0.4) is 0 Å². The summed E-state index contributed by atoms with van der Waals surface area (Å²) in [6.07, 6.45) is 0. The summed E-state index contributed by atoms with van der Waals surface area (Å²) in [5.74, 6) is 0. The van der Waals surface area contributed by atoms with Crippen LogP contribution in [0.25, 0.3) is 63.1 Å². The molecule has 9 aromatic rings. The van der Waals surface area contributed by atoms with Crippen molar-refractivity contribution in [2.45, 2.75) is 0 Å². The third kappa shape index (κ3) is 4.01. The Labute approximate surface area is 254 Å². The fourth-order valence-electron chi connectivity index (χ4n) is 6.39. The molecule has 0 saturated carbocycles. The van der Waals surface area contributed by atoms with Crippen molar-refractivity contribution in [1.29, 1.82) is 0 Å². The van der Waals surface area contributed by atoms with E-state index in [0.717, 1.165) is 39.0 Å². The Hall–Kier alpha value is -5.08. The SMILES string of the molecule is c1ccc(-c2cccc(N(c3ccc4c(c3)oc3ccccc34)c3ccc4c(c3)[se]c3c5ccccc5ccc43)c2)cc1. The average molecular weight is 615 g/mol. The van der Waals surface area contributed by atoms with Crippen molar-refractivity contribution in [3.8, 4) is 11.1 Å². The number of fused-ring (bicyclic) bond motifs is 8. The molecule has 0 fully saturated rings. The van der Waals surface area contributed by atoms with Gasteiger partial charge in [-0.25, -0.2) is 0 Å². The van der Waals surface area contributed by atoms with Crippen molar-refractivity contribution >= 4 is 83.6 Å². The Morgan fingerprint density at radius 1 is 0.419 bits per heavy atom. The second kappa shape index (κ2) is 9.74. The molecule has 43 heavy (non-hydrogen) atoms. The number of benzene rings is 7. The fourth-order valence-corrected chi connectivity index (χ4v) is 9.06. The average Bonchev–Trinajstić information content (AvgIpc) is 3.63. The van der Waals surface area contributed by atoms with E-state index in [1.54, 1.807) is 0 Å². The van der Waals surface area contributed by atoms with Crippen LogP contribution in [0.4, 0.5) is 17.1 Å². The molecule has 0 spiro atoms. The van der Waals surface area contributed by atoms with E-state index in [4.69, 9.17) is 4.42 Å². The Morgan fingerprint density at radius 2 is 1.09 bits per heavy atom. The van der Waals surface area contributed by atoms with Gasteiger partial charge in [0.15, 0.2) is 0 Å². The van der Waals surface area contributed by atoms with E-state index in [1.807, 2.05) is 12.1 Å². The van der Waals surface area contributed by atoms with Crippen LogP contribution in [0.15, 0.2) is 156 Å². The van der Waals surface area contributed by atoms with Gasteiger partial charge in [-0.05, 0) is 0 Å². The zero-order valence-electron chi connectivity index (χ0n) is 23.2. The topological polar surface area (TPSA) is 16.4 Å². The number of hydrogen-bond donors (Lipinski definition) is 0. The minimum absolute atomic E-state index is 0.224. The predicted molar refractivity (Wildman–Crippen MR) is 183 cm³/mol. The van der Waals surface area contributed by atoms with Crippen LogP contribution in [0.2, 0.25) is 0 Å². The summed E-state index contributed by atoms with van der Waals surface area (Å²) in [5, 5.41) is 7.70. The molecule has 9 rings (SSSR count). The number of anilines is 3. The molecule has 0 amide bonds. The van der Waals surface area contributed by atoms with Crippen molar-refractivity contribution in [3.63, 3.8) is 0 Å². The molecular formula is C40H25NOSe. The Kier molecular flexibility index (Phi) is 5.55. The van der Waals surface area contributed by atoms with Crippen molar-refractivity contribution in [1.82, 2.24) is 0 Å². The van der Waals surface area contributed by atoms with Crippen LogP contribution in [0.1, 0.15) is 0 Å². The normalized spacial score (nSPS) is 11.7. The molecule has 0 bridgehead atoms. The van der Waals surface area contributed by atoms with Gasteiger partial charge in [0.1, 0.15) is 0 Å². The molecule has 0 radical (unpaired) electrons. The van der Waals surface area contributed by atoms with Gasteiger partial charge in [-0.15, -0.1) is 0 Å². The first-order valence-electron chi connectivity index (χ1n) is 14.5. The van der Waals surface area contributed by atoms with Crippen LogP contribution in [-0.4, -0.2) is 14.5 Å². The van der Waals surface area contributed by atoms with Gasteiger partial charge in [0.25, 0.3) is 0 Å². The summed E-state index contributed by atoms with van der Waals surface area (Å²) in [7, 11) is 0. The third-order valence-corrected chi connectivity index (χ3v) is 11.0. The fraction of sp³-hybridized carbons (Fsp3) is 0. The minimum atomic E-state index is 0.224. The number of hydrogen-bond acceptors (Lipinski definition) is 2. The first-order valence-corrected chi connectivity index (χ1v) is 16.2. The molecule has 0 aliphatic carbocycles. The predicted octanol–water partition coefficient (Wildman–Crippen LogP) is 11.2. The molecule has 7 aromatic carbocycles. The summed E-state index contributed by atoms with van der Waals surface area (Å²) < 4.78 is 9.25. The monoisotopic (exact) mass is 615 g/mol. The molecule has 0 saturated heterocycles. The van der Waals surface area contributed by atoms with Gasteiger partial charge in [0, 0.05) is 0 Å². The van der Waals surface area contributed by atoms with Gasteiger partial charge in [-0.3, -0.25) is 0 Å². The van der Waals surface area contributed by atoms with Crippen molar-refractivity contribution in [2.24, 2.45) is 0 Å². The summed E-state index contributed by atoms with van der Waals surface area (Å²) in [6.45, 7) is 0. The van der Waals surface area contributed by atoms with Gasteiger partial charge >= 0.3 is 256 Å². The summed E-state index contributed by atoms with van der Waals surface area (Å²) in [4.78, 5) is 2.37. The van der Waals surface area contributed by atoms with Crippen LogP contribution in [0.5, 0.6) is 0 Å². The van der Waals surface area contributed by atoms with E-state index < -0.39 is 0 Å². The van der Waals surface area contributed by atoms with Gasteiger partial charge < -0.3 is 0 Å². The molecule has 2 nitrogen and oxygen atoms in total. The van der Waals surface area contributed by atoms with E-state index in [9.17, 15) is 0 Å². The summed E-state index contributed by atoms with van der Waals surface area (Å²) in [5.41, 5.74) is 7.55. The van der Waals surface area contributed by atoms with Crippen LogP contribution >= 0.6 is 0 Å². The quantitative estimate of drug-likeness (QED) is 0.183. The molecule has 0 unspecified atom stereocenters. The molecule has 2 heterocycles. The maximum absolute atomic E-state index is 6.34. The summed E-state index contributed by atoms with van der Waals surface area (Å²) in [6, 6.07) is 54.7. The van der Waals surface area contributed by atoms with Gasteiger partial charge in [0.05, 0.1) is 0 Å². The Balaban J connectivity index is 1.26. The molecule has 3 heteroatoms. The Bertz CT molecular complexity index is 2470. The first-order chi connectivity index (χ1) is 21.3. The van der Waals surface area contributed by atoms with Crippen molar-refractivity contribution in [2.75, 3.05) is 4.90 Å². The molecule has 202 valence electrons. The van der Waals surface area contributed by atoms with Crippen LogP contribution < -0.4 is 4.90 Å². The van der Waals surface area contributed by atoms with Crippen LogP contribution in [-0.2, 0) is 0 Å². The van der Waals surface area contributed by atoms with Gasteiger partial charge in [-0.1, -0.05) is 0 Å². The van der Waals surface area contributed by atoms with Crippen molar-refractivity contribution in [3.05, 3.63) is 152 Å². The maximum atomic E-state index is 6.34. The second-order valence-electron chi connectivity index (χ2n) is 11.0. The molecule has 0 aliphatic heterocycles. The first kappa shape index (κ1) is 24.5. The van der Waals surface area contributed by atoms with E-state index in [-0.39, 0.29) is 14.5 Å². The van der Waals surface area contributed by atoms with Crippen LogP contribution in [0, 0.1) is 0 Å². The number of para-hydroxylation sites is 1.